The molecule has 0 N–H and O–H groups in total. The maximum absolute atomic E-state index is 12.3. The zero-order valence-electron chi connectivity index (χ0n) is 14.9. The van der Waals surface area contributed by atoms with Crippen molar-refractivity contribution in [2.24, 2.45) is 4.99 Å². The summed E-state index contributed by atoms with van der Waals surface area (Å²) in [5, 5.41) is 0. The molecule has 0 aliphatic carbocycles. The largest absolute Gasteiger partial charge is 0.305 e. The minimum Gasteiger partial charge on any atom is -0.305 e. The summed E-state index contributed by atoms with van der Waals surface area (Å²) < 4.78 is 3.06. The number of aryl methyl sites for hydroxylation is 2. The number of thiazole rings is 1. The average molecular weight is 381 g/mol. The van der Waals surface area contributed by atoms with Gasteiger partial charge in [-0.1, -0.05) is 35.5 Å². The molecule has 1 amide bonds. The summed E-state index contributed by atoms with van der Waals surface area (Å²) in [5.41, 5.74) is 3.48. The Morgan fingerprint density at radius 3 is 2.69 bits per heavy atom. The molecule has 0 bridgehead atoms. The molecule has 0 atom stereocenters. The van der Waals surface area contributed by atoms with Crippen LogP contribution in [-0.2, 0) is 11.3 Å². The Kier molecular flexibility index (Phi) is 5.97. The lowest BCUT2D eigenvalue weighted by atomic mass is 10.1. The number of nitrogens with zero attached hydrogens (tertiary/aromatic N) is 2. The monoisotopic (exact) mass is 380 g/mol. The van der Waals surface area contributed by atoms with Crippen LogP contribution in [0.5, 0.6) is 0 Å². The van der Waals surface area contributed by atoms with Gasteiger partial charge in [-0.3, -0.25) is 4.79 Å². The second-order valence-electron chi connectivity index (χ2n) is 6.00. The number of rotatable bonds is 5. The fraction of sp³-hybridized carbons (Fsp3) is 0.238. The van der Waals surface area contributed by atoms with Crippen LogP contribution in [-0.4, -0.2) is 16.2 Å². The van der Waals surface area contributed by atoms with E-state index in [9.17, 15) is 4.79 Å². The predicted molar refractivity (Wildman–Crippen MR) is 110 cm³/mol. The van der Waals surface area contributed by atoms with Crippen LogP contribution < -0.4 is 4.80 Å². The molecule has 0 aliphatic heterocycles. The molecule has 26 heavy (non-hydrogen) atoms. The smallest absolute Gasteiger partial charge is 0.249 e. The van der Waals surface area contributed by atoms with E-state index in [-0.39, 0.29) is 5.91 Å². The summed E-state index contributed by atoms with van der Waals surface area (Å²) in [5.74, 6) is 3.27. The molecule has 0 saturated heterocycles. The molecule has 3 rings (SSSR count). The van der Waals surface area contributed by atoms with Gasteiger partial charge in [0.2, 0.25) is 5.91 Å². The topological polar surface area (TPSA) is 34.4 Å². The summed E-state index contributed by atoms with van der Waals surface area (Å²) >= 11 is 3.18. The Labute approximate surface area is 161 Å². The first-order chi connectivity index (χ1) is 12.6. The highest BCUT2D eigenvalue weighted by Gasteiger charge is 2.09. The molecule has 3 nitrogen and oxygen atoms in total. The van der Waals surface area contributed by atoms with Gasteiger partial charge < -0.3 is 4.57 Å². The van der Waals surface area contributed by atoms with Gasteiger partial charge in [0.25, 0.3) is 0 Å². The Balaban J connectivity index is 1.82. The zero-order chi connectivity index (χ0) is 18.5. The molecule has 132 valence electrons. The van der Waals surface area contributed by atoms with Crippen molar-refractivity contribution >= 4 is 39.2 Å². The molecule has 0 unspecified atom stereocenters. The van der Waals surface area contributed by atoms with Crippen molar-refractivity contribution in [1.82, 2.24) is 4.57 Å². The molecule has 5 heteroatoms. The third-order valence-electron chi connectivity index (χ3n) is 4.10. The van der Waals surface area contributed by atoms with Gasteiger partial charge >= 0.3 is 0 Å². The Morgan fingerprint density at radius 1 is 1.23 bits per heavy atom. The predicted octanol–water partition coefficient (Wildman–Crippen LogP) is 4.56. The van der Waals surface area contributed by atoms with E-state index in [1.54, 1.807) is 11.8 Å². The summed E-state index contributed by atoms with van der Waals surface area (Å²) in [6, 6.07) is 14.3. The summed E-state index contributed by atoms with van der Waals surface area (Å²) in [7, 11) is 0. The van der Waals surface area contributed by atoms with Crippen LogP contribution in [0.1, 0.15) is 17.5 Å². The third kappa shape index (κ3) is 4.27. The molecule has 0 saturated carbocycles. The molecule has 2 aromatic carbocycles. The zero-order valence-corrected chi connectivity index (χ0v) is 16.5. The molecule has 1 aromatic heterocycles. The highest BCUT2D eigenvalue weighted by molar-refractivity contribution is 7.99. The number of amides is 1. The SMILES string of the molecule is C#CCn1c(=NC(=O)CCSc2ccccc2)sc2cc(C)c(C)cc21. The van der Waals surface area contributed by atoms with Crippen LogP contribution in [0.25, 0.3) is 10.2 Å². The summed E-state index contributed by atoms with van der Waals surface area (Å²) in [4.78, 5) is 18.5. The van der Waals surface area contributed by atoms with Gasteiger partial charge in [0.15, 0.2) is 4.80 Å². The Hall–Kier alpha value is -2.29. The van der Waals surface area contributed by atoms with Crippen LogP contribution in [0.3, 0.4) is 0 Å². The van der Waals surface area contributed by atoms with E-state index in [4.69, 9.17) is 6.42 Å². The number of terminal acetylenes is 1. The van der Waals surface area contributed by atoms with Gasteiger partial charge in [0.1, 0.15) is 0 Å². The lowest BCUT2D eigenvalue weighted by Gasteiger charge is -2.03. The number of aromatic nitrogens is 1. The number of fused-ring (bicyclic) bond motifs is 1. The van der Waals surface area contributed by atoms with Crippen LogP contribution in [0.4, 0.5) is 0 Å². The fourth-order valence-corrected chi connectivity index (χ4v) is 4.57. The molecule has 3 aromatic rings. The van der Waals surface area contributed by atoms with Gasteiger partial charge in [-0.25, -0.2) is 0 Å². The third-order valence-corrected chi connectivity index (χ3v) is 6.15. The quantitative estimate of drug-likeness (QED) is 0.480. The van der Waals surface area contributed by atoms with E-state index in [1.807, 2.05) is 34.9 Å². The molecule has 0 radical (unpaired) electrons. The summed E-state index contributed by atoms with van der Waals surface area (Å²) in [6.07, 6.45) is 5.93. The van der Waals surface area contributed by atoms with Gasteiger partial charge in [-0.05, 0) is 49.2 Å². The average Bonchev–Trinajstić information content (AvgIpc) is 2.93. The van der Waals surface area contributed by atoms with Crippen molar-refractivity contribution in [3.63, 3.8) is 0 Å². The van der Waals surface area contributed by atoms with Gasteiger partial charge in [-0.2, -0.15) is 4.99 Å². The van der Waals surface area contributed by atoms with E-state index in [0.29, 0.717) is 23.5 Å². The van der Waals surface area contributed by atoms with Crippen molar-refractivity contribution in [3.05, 3.63) is 58.4 Å². The van der Waals surface area contributed by atoms with Crippen LogP contribution in [0.2, 0.25) is 0 Å². The normalized spacial score (nSPS) is 11.7. The Morgan fingerprint density at radius 2 is 1.96 bits per heavy atom. The van der Waals surface area contributed by atoms with Crippen molar-refractivity contribution in [3.8, 4) is 12.3 Å². The lowest BCUT2D eigenvalue weighted by Crippen LogP contribution is -2.16. The first-order valence-corrected chi connectivity index (χ1v) is 10.2. The minimum absolute atomic E-state index is 0.112. The van der Waals surface area contributed by atoms with Crippen LogP contribution >= 0.6 is 23.1 Å². The number of hydrogen-bond acceptors (Lipinski definition) is 3. The van der Waals surface area contributed by atoms with Crippen molar-refractivity contribution < 1.29 is 4.79 Å². The number of benzene rings is 2. The number of carbonyl (C=O) groups excluding carboxylic acids is 1. The van der Waals surface area contributed by atoms with Crippen LogP contribution in [0.15, 0.2) is 52.4 Å². The number of hydrogen-bond donors (Lipinski definition) is 0. The van der Waals surface area contributed by atoms with Crippen molar-refractivity contribution in [1.29, 1.82) is 0 Å². The van der Waals surface area contributed by atoms with E-state index in [1.165, 1.54) is 22.5 Å². The molecule has 0 fully saturated rings. The van der Waals surface area contributed by atoms with E-state index in [2.05, 4.69) is 36.9 Å². The van der Waals surface area contributed by atoms with Gasteiger partial charge in [-0.15, -0.1) is 18.2 Å². The lowest BCUT2D eigenvalue weighted by molar-refractivity contribution is -0.117. The van der Waals surface area contributed by atoms with E-state index >= 15 is 0 Å². The van der Waals surface area contributed by atoms with Gasteiger partial charge in [0, 0.05) is 17.1 Å². The highest BCUT2D eigenvalue weighted by atomic mass is 32.2. The van der Waals surface area contributed by atoms with Crippen molar-refractivity contribution in [2.45, 2.75) is 31.7 Å². The second-order valence-corrected chi connectivity index (χ2v) is 8.17. The standard InChI is InChI=1S/C21H20N2OS2/c1-4-11-23-18-13-15(2)16(3)14-19(18)26-21(23)22-20(24)10-12-25-17-8-6-5-7-9-17/h1,5-9,13-14H,10-12H2,2-3H3. The van der Waals surface area contributed by atoms with E-state index < -0.39 is 0 Å². The number of carbonyl (C=O) groups is 1. The molecule has 0 aliphatic rings. The summed E-state index contributed by atoms with van der Waals surface area (Å²) in [6.45, 7) is 4.57. The fourth-order valence-electron chi connectivity index (χ4n) is 2.59. The minimum atomic E-state index is -0.112. The first-order valence-electron chi connectivity index (χ1n) is 8.38. The Bertz CT molecular complexity index is 1040. The number of thioether (sulfide) groups is 1. The molecule has 0 spiro atoms. The second kappa shape index (κ2) is 8.39. The highest BCUT2D eigenvalue weighted by Crippen LogP contribution is 2.22. The van der Waals surface area contributed by atoms with Crippen LogP contribution in [0, 0.1) is 26.2 Å². The molecular weight excluding hydrogens is 360 g/mol. The molecular formula is C21H20N2OS2. The first kappa shape index (κ1) is 18.5. The van der Waals surface area contributed by atoms with Gasteiger partial charge in [0.05, 0.1) is 16.8 Å². The molecule has 1 heterocycles. The van der Waals surface area contributed by atoms with Crippen molar-refractivity contribution in [2.75, 3.05) is 5.75 Å². The maximum Gasteiger partial charge on any atom is 0.249 e. The van der Waals surface area contributed by atoms with E-state index in [0.717, 1.165) is 15.1 Å². The maximum atomic E-state index is 12.3.